The predicted molar refractivity (Wildman–Crippen MR) is 77.6 cm³/mol. The number of carboxylic acids is 1. The van der Waals surface area contributed by atoms with Crippen molar-refractivity contribution < 1.29 is 14.7 Å². The van der Waals surface area contributed by atoms with Gasteiger partial charge in [-0.15, -0.1) is 0 Å². The van der Waals surface area contributed by atoms with Crippen molar-refractivity contribution in [3.8, 4) is 0 Å². The zero-order valence-electron chi connectivity index (χ0n) is 12.0. The lowest BCUT2D eigenvalue weighted by atomic mass is 10.2. The van der Waals surface area contributed by atoms with Crippen LogP contribution < -0.4 is 5.32 Å². The van der Waals surface area contributed by atoms with E-state index in [9.17, 15) is 9.59 Å². The number of carbonyl (C=O) groups excluding carboxylic acids is 1. The van der Waals surface area contributed by atoms with Gasteiger partial charge in [-0.2, -0.15) is 0 Å². The van der Waals surface area contributed by atoms with Crippen molar-refractivity contribution in [2.24, 2.45) is 0 Å². The second-order valence-corrected chi connectivity index (χ2v) is 4.67. The van der Waals surface area contributed by atoms with E-state index in [0.29, 0.717) is 17.1 Å². The van der Waals surface area contributed by atoms with Gasteiger partial charge < -0.3 is 10.4 Å². The van der Waals surface area contributed by atoms with Crippen LogP contribution in [-0.2, 0) is 0 Å². The lowest BCUT2D eigenvalue weighted by Gasteiger charge is -2.09. The first-order chi connectivity index (χ1) is 9.88. The summed E-state index contributed by atoms with van der Waals surface area (Å²) in [4.78, 5) is 31.3. The second-order valence-electron chi connectivity index (χ2n) is 4.67. The Hall–Kier alpha value is -2.76. The molecule has 0 radical (unpaired) electrons. The van der Waals surface area contributed by atoms with Crippen LogP contribution in [0.2, 0.25) is 0 Å². The topological polar surface area (TPSA) is 92.2 Å². The molecular formula is C15H15N3O3. The van der Waals surface area contributed by atoms with Gasteiger partial charge in [0.25, 0.3) is 5.91 Å². The van der Waals surface area contributed by atoms with Crippen molar-refractivity contribution in [2.45, 2.75) is 20.8 Å². The SMILES string of the molecule is Cc1ccc(NC(=O)c2ccc(C(=O)O)c(C)n2)c(C)n1. The number of carboxylic acid groups (broad SMARTS) is 1. The minimum atomic E-state index is -1.06. The lowest BCUT2D eigenvalue weighted by Crippen LogP contribution is -2.16. The molecular weight excluding hydrogens is 270 g/mol. The second kappa shape index (κ2) is 5.70. The standard InChI is InChI=1S/C15H15N3O3/c1-8-4-6-12(10(3)16-8)18-14(19)13-7-5-11(15(20)21)9(2)17-13/h4-7H,1-3H3,(H,18,19)(H,20,21). The Morgan fingerprint density at radius 1 is 1.00 bits per heavy atom. The zero-order chi connectivity index (χ0) is 15.6. The number of rotatable bonds is 3. The molecule has 1 amide bonds. The van der Waals surface area contributed by atoms with E-state index in [1.807, 2.05) is 6.92 Å². The third-order valence-electron chi connectivity index (χ3n) is 3.02. The Bertz CT molecular complexity index is 726. The molecule has 0 aliphatic carbocycles. The summed E-state index contributed by atoms with van der Waals surface area (Å²) >= 11 is 0. The third-order valence-corrected chi connectivity index (χ3v) is 3.02. The number of aryl methyl sites for hydroxylation is 3. The van der Waals surface area contributed by atoms with Crippen LogP contribution in [0.5, 0.6) is 0 Å². The van der Waals surface area contributed by atoms with E-state index in [1.165, 1.54) is 12.1 Å². The first-order valence-corrected chi connectivity index (χ1v) is 6.35. The lowest BCUT2D eigenvalue weighted by molar-refractivity contribution is 0.0695. The fourth-order valence-electron chi connectivity index (χ4n) is 1.92. The number of aromatic nitrogens is 2. The van der Waals surface area contributed by atoms with E-state index in [4.69, 9.17) is 5.11 Å². The minimum absolute atomic E-state index is 0.0831. The molecule has 0 aliphatic heterocycles. The quantitative estimate of drug-likeness (QED) is 0.903. The molecule has 6 heteroatoms. The summed E-state index contributed by atoms with van der Waals surface area (Å²) in [5.74, 6) is -1.46. The smallest absolute Gasteiger partial charge is 0.337 e. The van der Waals surface area contributed by atoms with Gasteiger partial charge in [0, 0.05) is 5.69 Å². The van der Waals surface area contributed by atoms with Gasteiger partial charge >= 0.3 is 5.97 Å². The molecule has 2 N–H and O–H groups in total. The number of amides is 1. The van der Waals surface area contributed by atoms with E-state index in [1.54, 1.807) is 26.0 Å². The van der Waals surface area contributed by atoms with Crippen LogP contribution in [0.25, 0.3) is 0 Å². The minimum Gasteiger partial charge on any atom is -0.478 e. The molecule has 2 rings (SSSR count). The molecule has 108 valence electrons. The molecule has 0 unspecified atom stereocenters. The monoisotopic (exact) mass is 285 g/mol. The third kappa shape index (κ3) is 3.22. The summed E-state index contributed by atoms with van der Waals surface area (Å²) in [6.45, 7) is 5.22. The summed E-state index contributed by atoms with van der Waals surface area (Å²) in [5.41, 5.74) is 2.73. The van der Waals surface area contributed by atoms with Crippen LogP contribution in [0.1, 0.15) is 37.9 Å². The van der Waals surface area contributed by atoms with Crippen LogP contribution in [0.3, 0.4) is 0 Å². The number of aromatic carboxylic acids is 1. The van der Waals surface area contributed by atoms with E-state index in [-0.39, 0.29) is 11.3 Å². The van der Waals surface area contributed by atoms with Crippen molar-refractivity contribution in [3.05, 3.63) is 52.6 Å². The van der Waals surface area contributed by atoms with Gasteiger partial charge in [0.05, 0.1) is 22.6 Å². The van der Waals surface area contributed by atoms with Crippen molar-refractivity contribution >= 4 is 17.6 Å². The van der Waals surface area contributed by atoms with Gasteiger partial charge in [-0.3, -0.25) is 9.78 Å². The van der Waals surface area contributed by atoms with Gasteiger partial charge in [0.15, 0.2) is 0 Å². The summed E-state index contributed by atoms with van der Waals surface area (Å²) in [6, 6.07) is 6.34. The molecule has 0 saturated heterocycles. The Labute approximate surface area is 121 Å². The Morgan fingerprint density at radius 3 is 2.29 bits per heavy atom. The van der Waals surface area contributed by atoms with Crippen molar-refractivity contribution in [2.75, 3.05) is 5.32 Å². The highest BCUT2D eigenvalue weighted by Crippen LogP contribution is 2.14. The molecule has 2 aromatic heterocycles. The molecule has 0 atom stereocenters. The number of carbonyl (C=O) groups is 2. The highest BCUT2D eigenvalue weighted by atomic mass is 16.4. The van der Waals surface area contributed by atoms with Gasteiger partial charge in [0.1, 0.15) is 5.69 Å². The number of pyridine rings is 2. The average molecular weight is 285 g/mol. The van der Waals surface area contributed by atoms with Gasteiger partial charge in [-0.1, -0.05) is 0 Å². The normalized spacial score (nSPS) is 10.2. The fourth-order valence-corrected chi connectivity index (χ4v) is 1.92. The van der Waals surface area contributed by atoms with Crippen LogP contribution in [-0.4, -0.2) is 27.0 Å². The van der Waals surface area contributed by atoms with Crippen molar-refractivity contribution in [1.82, 2.24) is 9.97 Å². The largest absolute Gasteiger partial charge is 0.478 e. The molecule has 2 heterocycles. The maximum absolute atomic E-state index is 12.1. The van der Waals surface area contributed by atoms with E-state index < -0.39 is 11.9 Å². The molecule has 0 aliphatic rings. The Morgan fingerprint density at radius 2 is 1.71 bits per heavy atom. The summed E-state index contributed by atoms with van der Waals surface area (Å²) in [7, 11) is 0. The number of hydrogen-bond donors (Lipinski definition) is 2. The highest BCUT2D eigenvalue weighted by Gasteiger charge is 2.14. The molecule has 2 aromatic rings. The number of hydrogen-bond acceptors (Lipinski definition) is 4. The molecule has 0 bridgehead atoms. The average Bonchev–Trinajstić information content (AvgIpc) is 2.41. The number of nitrogens with one attached hydrogen (secondary N) is 1. The summed E-state index contributed by atoms with van der Waals surface area (Å²) in [5, 5.41) is 11.7. The first-order valence-electron chi connectivity index (χ1n) is 6.35. The number of anilines is 1. The summed E-state index contributed by atoms with van der Waals surface area (Å²) in [6.07, 6.45) is 0. The van der Waals surface area contributed by atoms with E-state index >= 15 is 0 Å². The fraction of sp³-hybridized carbons (Fsp3) is 0.200. The van der Waals surface area contributed by atoms with Crippen LogP contribution >= 0.6 is 0 Å². The first kappa shape index (κ1) is 14.6. The van der Waals surface area contributed by atoms with Crippen LogP contribution in [0, 0.1) is 20.8 Å². The summed E-state index contributed by atoms with van der Waals surface area (Å²) < 4.78 is 0. The maximum Gasteiger partial charge on any atom is 0.337 e. The number of nitrogens with zero attached hydrogens (tertiary/aromatic N) is 2. The Kier molecular flexibility index (Phi) is 3.98. The Balaban J connectivity index is 2.24. The van der Waals surface area contributed by atoms with Gasteiger partial charge in [0.2, 0.25) is 0 Å². The van der Waals surface area contributed by atoms with Gasteiger partial charge in [-0.05, 0) is 45.0 Å². The molecule has 6 nitrogen and oxygen atoms in total. The molecule has 21 heavy (non-hydrogen) atoms. The van der Waals surface area contributed by atoms with E-state index in [2.05, 4.69) is 15.3 Å². The maximum atomic E-state index is 12.1. The van der Waals surface area contributed by atoms with Crippen LogP contribution in [0.15, 0.2) is 24.3 Å². The van der Waals surface area contributed by atoms with Crippen molar-refractivity contribution in [1.29, 1.82) is 0 Å². The van der Waals surface area contributed by atoms with E-state index in [0.717, 1.165) is 5.69 Å². The van der Waals surface area contributed by atoms with Gasteiger partial charge in [-0.25, -0.2) is 9.78 Å². The zero-order valence-corrected chi connectivity index (χ0v) is 12.0. The van der Waals surface area contributed by atoms with Crippen LogP contribution in [0.4, 0.5) is 5.69 Å². The molecule has 0 aromatic carbocycles. The highest BCUT2D eigenvalue weighted by molar-refractivity contribution is 6.03. The molecule has 0 saturated carbocycles. The molecule has 0 fully saturated rings. The van der Waals surface area contributed by atoms with Crippen molar-refractivity contribution in [3.63, 3.8) is 0 Å². The predicted octanol–water partition coefficient (Wildman–Crippen LogP) is 2.35. The molecule has 0 spiro atoms.